The van der Waals surface area contributed by atoms with Gasteiger partial charge in [0, 0.05) is 64.1 Å². The first-order valence-electron chi connectivity index (χ1n) is 7.58. The highest BCUT2D eigenvalue weighted by molar-refractivity contribution is 5.04. The minimum Gasteiger partial charge on any atom is -0.330 e. The Morgan fingerprint density at radius 2 is 1.89 bits per heavy atom. The van der Waals surface area contributed by atoms with Gasteiger partial charge in [0.1, 0.15) is 0 Å². The third-order valence-electron chi connectivity index (χ3n) is 4.76. The Kier molecular flexibility index (Phi) is 3.06. The van der Waals surface area contributed by atoms with Gasteiger partial charge in [-0.15, -0.1) is 0 Å². The smallest absolute Gasteiger partial charge is 0.0951 e. The number of nitrogens with one attached hydrogen (secondary N) is 1. The van der Waals surface area contributed by atoms with Gasteiger partial charge in [-0.25, -0.2) is 4.98 Å². The number of imidazole rings is 1. The van der Waals surface area contributed by atoms with Crippen molar-refractivity contribution in [1.82, 2.24) is 24.7 Å². The van der Waals surface area contributed by atoms with E-state index in [4.69, 9.17) is 0 Å². The van der Waals surface area contributed by atoms with Gasteiger partial charge in [-0.05, 0) is 12.8 Å². The summed E-state index contributed by atoms with van der Waals surface area (Å²) in [4.78, 5) is 9.56. The zero-order valence-corrected chi connectivity index (χ0v) is 11.5. The zero-order valence-electron chi connectivity index (χ0n) is 11.5. The molecular weight excluding hydrogens is 238 g/mol. The summed E-state index contributed by atoms with van der Waals surface area (Å²) in [5.74, 6) is 0. The van der Waals surface area contributed by atoms with Crippen LogP contribution in [0.1, 0.15) is 24.6 Å². The van der Waals surface area contributed by atoms with Crippen molar-refractivity contribution in [1.29, 1.82) is 0 Å². The van der Waals surface area contributed by atoms with Gasteiger partial charge in [0.25, 0.3) is 0 Å². The Labute approximate surface area is 114 Å². The minimum absolute atomic E-state index is 0.750. The van der Waals surface area contributed by atoms with E-state index in [0.717, 1.165) is 18.6 Å². The largest absolute Gasteiger partial charge is 0.330 e. The molecule has 4 rings (SSSR count). The van der Waals surface area contributed by atoms with Crippen molar-refractivity contribution in [3.8, 4) is 0 Å². The van der Waals surface area contributed by atoms with Gasteiger partial charge in [0.15, 0.2) is 0 Å². The van der Waals surface area contributed by atoms with Crippen LogP contribution in [0.5, 0.6) is 0 Å². The maximum absolute atomic E-state index is 4.33. The highest BCUT2D eigenvalue weighted by atomic mass is 15.3. The van der Waals surface area contributed by atoms with Crippen LogP contribution in [-0.2, 0) is 6.54 Å². The molecule has 0 unspecified atom stereocenters. The molecule has 0 bridgehead atoms. The maximum Gasteiger partial charge on any atom is 0.0951 e. The molecule has 0 amide bonds. The highest BCUT2D eigenvalue weighted by Gasteiger charge is 2.29. The second-order valence-electron chi connectivity index (χ2n) is 6.15. The average Bonchev–Trinajstić information content (AvgIpc) is 3.11. The maximum atomic E-state index is 4.33. The second kappa shape index (κ2) is 4.89. The summed E-state index contributed by atoms with van der Waals surface area (Å²) in [6, 6.07) is 1.55. The van der Waals surface area contributed by atoms with Gasteiger partial charge >= 0.3 is 0 Å². The molecule has 0 radical (unpaired) electrons. The number of aromatic nitrogens is 2. The lowest BCUT2D eigenvalue weighted by Crippen LogP contribution is -2.61. The van der Waals surface area contributed by atoms with E-state index >= 15 is 0 Å². The topological polar surface area (TPSA) is 36.3 Å². The fraction of sp³-hybridized carbons (Fsp3) is 0.786. The summed E-state index contributed by atoms with van der Waals surface area (Å²) in [7, 11) is 0. The van der Waals surface area contributed by atoms with E-state index in [2.05, 4.69) is 30.9 Å². The first-order valence-corrected chi connectivity index (χ1v) is 7.58. The van der Waals surface area contributed by atoms with E-state index in [1.165, 1.54) is 57.8 Å². The summed E-state index contributed by atoms with van der Waals surface area (Å²) < 4.78 is 2.39. The Morgan fingerprint density at radius 3 is 2.53 bits per heavy atom. The van der Waals surface area contributed by atoms with E-state index in [-0.39, 0.29) is 0 Å². The molecule has 19 heavy (non-hydrogen) atoms. The second-order valence-corrected chi connectivity index (χ2v) is 6.15. The van der Waals surface area contributed by atoms with Gasteiger partial charge in [-0.3, -0.25) is 9.80 Å². The summed E-state index contributed by atoms with van der Waals surface area (Å²) in [6.07, 6.45) is 6.75. The van der Waals surface area contributed by atoms with Crippen LogP contribution in [0.2, 0.25) is 0 Å². The van der Waals surface area contributed by atoms with Crippen molar-refractivity contribution in [2.24, 2.45) is 0 Å². The van der Waals surface area contributed by atoms with Crippen LogP contribution < -0.4 is 5.32 Å². The van der Waals surface area contributed by atoms with Crippen LogP contribution >= 0.6 is 0 Å². The molecule has 3 fully saturated rings. The predicted molar refractivity (Wildman–Crippen MR) is 74.0 cm³/mol. The Bertz CT molecular complexity index is 427. The molecule has 1 N–H and O–H groups in total. The van der Waals surface area contributed by atoms with Crippen molar-refractivity contribution >= 4 is 0 Å². The predicted octanol–water partition coefficient (Wildman–Crippen LogP) is 0.307. The lowest BCUT2D eigenvalue weighted by atomic mass is 10.1. The molecule has 2 saturated heterocycles. The quantitative estimate of drug-likeness (QED) is 0.846. The van der Waals surface area contributed by atoms with Crippen LogP contribution in [0.4, 0.5) is 0 Å². The molecule has 3 aliphatic rings. The lowest BCUT2D eigenvalue weighted by Gasteiger charge is -2.43. The molecule has 2 aliphatic heterocycles. The van der Waals surface area contributed by atoms with Crippen molar-refractivity contribution in [2.75, 3.05) is 39.3 Å². The third kappa shape index (κ3) is 2.42. The lowest BCUT2D eigenvalue weighted by molar-refractivity contribution is 0.0685. The van der Waals surface area contributed by atoms with E-state index in [1.54, 1.807) is 0 Å². The standard InChI is InChI=1S/C14H23N5/c1-2-12(1)19-11-16-9-14(19)10-17-3-5-18(6-4-17)13-7-15-8-13/h9,11-13,15H,1-8,10H2. The summed E-state index contributed by atoms with van der Waals surface area (Å²) >= 11 is 0. The van der Waals surface area contributed by atoms with Crippen LogP contribution in [0, 0.1) is 0 Å². The molecule has 0 spiro atoms. The highest BCUT2D eigenvalue weighted by Crippen LogP contribution is 2.35. The van der Waals surface area contributed by atoms with Gasteiger partial charge in [0.2, 0.25) is 0 Å². The van der Waals surface area contributed by atoms with Crippen LogP contribution in [-0.4, -0.2) is 64.7 Å². The molecular formula is C14H23N5. The number of rotatable bonds is 4. The Hall–Kier alpha value is -0.910. The zero-order chi connectivity index (χ0) is 12.7. The van der Waals surface area contributed by atoms with Crippen LogP contribution in [0.15, 0.2) is 12.5 Å². The molecule has 1 aromatic heterocycles. The van der Waals surface area contributed by atoms with Gasteiger partial charge in [-0.1, -0.05) is 0 Å². The average molecular weight is 261 g/mol. The van der Waals surface area contributed by atoms with Crippen molar-refractivity contribution in [3.63, 3.8) is 0 Å². The third-order valence-corrected chi connectivity index (χ3v) is 4.76. The van der Waals surface area contributed by atoms with Gasteiger partial charge < -0.3 is 9.88 Å². The molecule has 1 saturated carbocycles. The summed E-state index contributed by atoms with van der Waals surface area (Å²) in [5, 5.41) is 3.37. The SMILES string of the molecule is c1ncn(C2CC2)c1CN1CCN(C2CNC2)CC1. The van der Waals surface area contributed by atoms with Crippen molar-refractivity contribution in [3.05, 3.63) is 18.2 Å². The number of hydrogen-bond donors (Lipinski definition) is 1. The van der Waals surface area contributed by atoms with E-state index in [0.29, 0.717) is 0 Å². The van der Waals surface area contributed by atoms with Crippen molar-refractivity contribution < 1.29 is 0 Å². The Balaban J connectivity index is 1.32. The fourth-order valence-corrected chi connectivity index (χ4v) is 3.18. The van der Waals surface area contributed by atoms with Gasteiger partial charge in [-0.2, -0.15) is 0 Å². The van der Waals surface area contributed by atoms with Gasteiger partial charge in [0.05, 0.1) is 12.0 Å². The first kappa shape index (κ1) is 11.9. The molecule has 5 heteroatoms. The summed E-state index contributed by atoms with van der Waals surface area (Å²) in [5.41, 5.74) is 1.40. The molecule has 1 aromatic rings. The van der Waals surface area contributed by atoms with E-state index in [9.17, 15) is 0 Å². The number of nitrogens with zero attached hydrogens (tertiary/aromatic N) is 4. The number of piperazine rings is 1. The van der Waals surface area contributed by atoms with E-state index in [1.807, 2.05) is 6.33 Å². The number of hydrogen-bond acceptors (Lipinski definition) is 4. The minimum atomic E-state index is 0.750. The van der Waals surface area contributed by atoms with E-state index < -0.39 is 0 Å². The molecule has 0 aromatic carbocycles. The molecule has 5 nitrogen and oxygen atoms in total. The monoisotopic (exact) mass is 261 g/mol. The molecule has 0 atom stereocenters. The normalized spacial score (nSPS) is 26.5. The van der Waals surface area contributed by atoms with Crippen LogP contribution in [0.25, 0.3) is 0 Å². The van der Waals surface area contributed by atoms with Crippen LogP contribution in [0.3, 0.4) is 0 Å². The molecule has 1 aliphatic carbocycles. The Morgan fingerprint density at radius 1 is 1.11 bits per heavy atom. The van der Waals surface area contributed by atoms with Crippen molar-refractivity contribution in [2.45, 2.75) is 31.5 Å². The first-order chi connectivity index (χ1) is 9.40. The summed E-state index contributed by atoms with van der Waals surface area (Å²) in [6.45, 7) is 8.31. The molecule has 3 heterocycles. The molecule has 104 valence electrons. The fourth-order valence-electron chi connectivity index (χ4n) is 3.18.